The highest BCUT2D eigenvalue weighted by atomic mass is 16.5. The maximum absolute atomic E-state index is 11.6. The number of hydrogen-bond donors (Lipinski definition) is 0. The molecule has 0 N–H and O–H groups in total. The highest BCUT2D eigenvalue weighted by Gasteiger charge is 2.05. The van der Waals surface area contributed by atoms with E-state index in [9.17, 15) is 4.79 Å². The third-order valence-corrected chi connectivity index (χ3v) is 3.53. The normalized spacial score (nSPS) is 10.2. The first-order valence-electron chi connectivity index (χ1n) is 7.11. The smallest absolute Gasteiger partial charge is 0.162 e. The minimum atomic E-state index is 0.180. The van der Waals surface area contributed by atoms with Gasteiger partial charge in [-0.1, -0.05) is 19.1 Å². The van der Waals surface area contributed by atoms with Crippen LogP contribution in [0.5, 0.6) is 5.75 Å². The van der Waals surface area contributed by atoms with E-state index in [0.717, 1.165) is 23.5 Å². The van der Waals surface area contributed by atoms with E-state index in [2.05, 4.69) is 17.0 Å². The highest BCUT2D eigenvalue weighted by Crippen LogP contribution is 2.18. The Morgan fingerprint density at radius 2 is 1.67 bits per heavy atom. The lowest BCUT2D eigenvalue weighted by atomic mass is 10.1. The molecule has 2 aromatic carbocycles. The number of nitrogens with zero attached hydrogens (tertiary/aromatic N) is 1. The fourth-order valence-corrected chi connectivity index (χ4v) is 2.20. The summed E-state index contributed by atoms with van der Waals surface area (Å²) >= 11 is 0. The molecule has 0 aliphatic carbocycles. The lowest BCUT2D eigenvalue weighted by Gasteiger charge is -2.19. The standard InChI is InChI=1S/C18H21NO2/c1-4-18(20)15-7-9-16(10-8-15)19(2)13-14-5-11-17(21-3)12-6-14/h5-12H,4,13H2,1-3H3. The zero-order valence-electron chi connectivity index (χ0n) is 12.8. The van der Waals surface area contributed by atoms with Crippen LogP contribution in [0.25, 0.3) is 0 Å². The Morgan fingerprint density at radius 1 is 1.05 bits per heavy atom. The molecule has 2 aromatic rings. The van der Waals surface area contributed by atoms with E-state index in [1.165, 1.54) is 5.56 Å². The van der Waals surface area contributed by atoms with Crippen molar-refractivity contribution < 1.29 is 9.53 Å². The molecule has 0 radical (unpaired) electrons. The molecule has 2 rings (SSSR count). The van der Waals surface area contributed by atoms with E-state index in [-0.39, 0.29) is 5.78 Å². The van der Waals surface area contributed by atoms with Gasteiger partial charge in [0.05, 0.1) is 7.11 Å². The van der Waals surface area contributed by atoms with Crippen molar-refractivity contribution in [3.63, 3.8) is 0 Å². The molecule has 3 nitrogen and oxygen atoms in total. The average Bonchev–Trinajstić information content (AvgIpc) is 2.55. The van der Waals surface area contributed by atoms with E-state index in [1.807, 2.05) is 50.4 Å². The number of anilines is 1. The van der Waals surface area contributed by atoms with Crippen LogP contribution in [-0.2, 0) is 6.54 Å². The molecule has 0 aliphatic heterocycles. The monoisotopic (exact) mass is 283 g/mol. The third-order valence-electron chi connectivity index (χ3n) is 3.53. The predicted molar refractivity (Wildman–Crippen MR) is 86.2 cm³/mol. The number of hydrogen-bond acceptors (Lipinski definition) is 3. The highest BCUT2D eigenvalue weighted by molar-refractivity contribution is 5.96. The lowest BCUT2D eigenvalue weighted by Crippen LogP contribution is -2.16. The summed E-state index contributed by atoms with van der Waals surface area (Å²) in [6.07, 6.45) is 0.543. The van der Waals surface area contributed by atoms with Crippen molar-refractivity contribution in [3.8, 4) is 5.75 Å². The quantitative estimate of drug-likeness (QED) is 0.752. The molecular formula is C18H21NO2. The van der Waals surface area contributed by atoms with Gasteiger partial charge in [-0.05, 0) is 42.0 Å². The van der Waals surface area contributed by atoms with Gasteiger partial charge in [0, 0.05) is 31.3 Å². The molecule has 0 unspecified atom stereocenters. The Labute approximate surface area is 126 Å². The van der Waals surface area contributed by atoms with Crippen LogP contribution in [0.1, 0.15) is 29.3 Å². The molecule has 110 valence electrons. The molecule has 0 saturated carbocycles. The van der Waals surface area contributed by atoms with Crippen LogP contribution in [0.4, 0.5) is 5.69 Å². The minimum absolute atomic E-state index is 0.180. The van der Waals surface area contributed by atoms with Crippen LogP contribution in [-0.4, -0.2) is 19.9 Å². The summed E-state index contributed by atoms with van der Waals surface area (Å²) in [5.74, 6) is 1.04. The summed E-state index contributed by atoms with van der Waals surface area (Å²) in [7, 11) is 3.71. The molecule has 3 heteroatoms. The molecule has 0 aromatic heterocycles. The fraction of sp³-hybridized carbons (Fsp3) is 0.278. The van der Waals surface area contributed by atoms with Gasteiger partial charge < -0.3 is 9.64 Å². The minimum Gasteiger partial charge on any atom is -0.497 e. The number of Topliss-reactive ketones (excluding diaryl/α,β-unsaturated/α-hetero) is 1. The molecule has 0 aliphatic rings. The van der Waals surface area contributed by atoms with Gasteiger partial charge in [0.15, 0.2) is 5.78 Å². The molecule has 21 heavy (non-hydrogen) atoms. The van der Waals surface area contributed by atoms with Crippen LogP contribution >= 0.6 is 0 Å². The summed E-state index contributed by atoms with van der Waals surface area (Å²) < 4.78 is 5.16. The first-order valence-corrected chi connectivity index (χ1v) is 7.11. The van der Waals surface area contributed by atoms with Gasteiger partial charge in [0.1, 0.15) is 5.75 Å². The van der Waals surface area contributed by atoms with Crippen LogP contribution in [0.2, 0.25) is 0 Å². The summed E-state index contributed by atoms with van der Waals surface area (Å²) in [6, 6.07) is 15.8. The molecule has 0 spiro atoms. The first-order chi connectivity index (χ1) is 10.1. The average molecular weight is 283 g/mol. The Hall–Kier alpha value is -2.29. The van der Waals surface area contributed by atoms with Gasteiger partial charge in [-0.3, -0.25) is 4.79 Å². The van der Waals surface area contributed by atoms with Crippen molar-refractivity contribution in [2.45, 2.75) is 19.9 Å². The Balaban J connectivity index is 2.05. The number of ether oxygens (including phenoxy) is 1. The van der Waals surface area contributed by atoms with E-state index in [1.54, 1.807) is 7.11 Å². The molecule has 0 saturated heterocycles. The van der Waals surface area contributed by atoms with Crippen molar-refractivity contribution in [2.75, 3.05) is 19.1 Å². The summed E-state index contributed by atoms with van der Waals surface area (Å²) in [5.41, 5.74) is 3.09. The second-order valence-electron chi connectivity index (χ2n) is 5.03. The van der Waals surface area contributed by atoms with Crippen LogP contribution in [0, 0.1) is 0 Å². The summed E-state index contributed by atoms with van der Waals surface area (Å²) in [4.78, 5) is 13.8. The van der Waals surface area contributed by atoms with Crippen LogP contribution in [0.15, 0.2) is 48.5 Å². The molecule has 0 bridgehead atoms. The van der Waals surface area contributed by atoms with Gasteiger partial charge in [-0.15, -0.1) is 0 Å². The van der Waals surface area contributed by atoms with E-state index in [0.29, 0.717) is 6.42 Å². The maximum atomic E-state index is 11.6. The van der Waals surface area contributed by atoms with Crippen LogP contribution in [0.3, 0.4) is 0 Å². The van der Waals surface area contributed by atoms with Crippen LogP contribution < -0.4 is 9.64 Å². The van der Waals surface area contributed by atoms with Crippen molar-refractivity contribution in [3.05, 3.63) is 59.7 Å². The SMILES string of the molecule is CCC(=O)c1ccc(N(C)Cc2ccc(OC)cc2)cc1. The van der Waals surface area contributed by atoms with Crippen molar-refractivity contribution >= 4 is 11.5 Å². The molecule has 0 atom stereocenters. The zero-order valence-corrected chi connectivity index (χ0v) is 12.8. The van der Waals surface area contributed by atoms with Gasteiger partial charge in [-0.25, -0.2) is 0 Å². The zero-order chi connectivity index (χ0) is 15.2. The molecule has 0 fully saturated rings. The number of rotatable bonds is 6. The summed E-state index contributed by atoms with van der Waals surface area (Å²) in [5, 5.41) is 0. The second-order valence-corrected chi connectivity index (χ2v) is 5.03. The fourth-order valence-electron chi connectivity index (χ4n) is 2.20. The van der Waals surface area contributed by atoms with Crippen molar-refractivity contribution in [1.29, 1.82) is 0 Å². The molecule has 0 amide bonds. The Morgan fingerprint density at radius 3 is 2.19 bits per heavy atom. The largest absolute Gasteiger partial charge is 0.497 e. The molecule has 0 heterocycles. The van der Waals surface area contributed by atoms with E-state index in [4.69, 9.17) is 4.74 Å². The second kappa shape index (κ2) is 6.93. The maximum Gasteiger partial charge on any atom is 0.162 e. The lowest BCUT2D eigenvalue weighted by molar-refractivity contribution is 0.0988. The van der Waals surface area contributed by atoms with E-state index >= 15 is 0 Å². The van der Waals surface area contributed by atoms with Gasteiger partial charge in [0.2, 0.25) is 0 Å². The number of ketones is 1. The topological polar surface area (TPSA) is 29.5 Å². The van der Waals surface area contributed by atoms with Crippen molar-refractivity contribution in [2.24, 2.45) is 0 Å². The number of benzene rings is 2. The third kappa shape index (κ3) is 3.85. The van der Waals surface area contributed by atoms with Crippen molar-refractivity contribution in [1.82, 2.24) is 0 Å². The number of carbonyl (C=O) groups is 1. The van der Waals surface area contributed by atoms with Gasteiger partial charge >= 0.3 is 0 Å². The summed E-state index contributed by atoms with van der Waals surface area (Å²) in [6.45, 7) is 2.69. The van der Waals surface area contributed by atoms with E-state index < -0.39 is 0 Å². The number of methoxy groups -OCH3 is 1. The molecular weight excluding hydrogens is 262 g/mol. The van der Waals surface area contributed by atoms with Gasteiger partial charge in [0.25, 0.3) is 0 Å². The Bertz CT molecular complexity index is 588. The van der Waals surface area contributed by atoms with Gasteiger partial charge in [-0.2, -0.15) is 0 Å². The number of carbonyl (C=O) groups excluding carboxylic acids is 1. The first kappa shape index (κ1) is 15.1. The predicted octanol–water partition coefficient (Wildman–Crippen LogP) is 3.92. The Kier molecular flexibility index (Phi) is 4.99.